The second-order valence-electron chi connectivity index (χ2n) is 4.51. The molecular weight excluding hydrogens is 288 g/mol. The SMILES string of the molecule is C[C@@H]1CN(c2ccc(F)cc2)c2nc(Cl)nc(Cl)c21. The van der Waals surface area contributed by atoms with E-state index in [4.69, 9.17) is 23.2 Å². The third kappa shape index (κ3) is 2.15. The van der Waals surface area contributed by atoms with Crippen LogP contribution in [0.5, 0.6) is 0 Å². The van der Waals surface area contributed by atoms with Gasteiger partial charge in [0.2, 0.25) is 5.28 Å². The number of fused-ring (bicyclic) bond motifs is 1. The number of rotatable bonds is 1. The van der Waals surface area contributed by atoms with Crippen LogP contribution in [-0.2, 0) is 0 Å². The number of halogens is 3. The van der Waals surface area contributed by atoms with Gasteiger partial charge in [0.15, 0.2) is 0 Å². The zero-order valence-corrected chi connectivity index (χ0v) is 11.6. The molecule has 0 radical (unpaired) electrons. The Hall–Kier alpha value is -1.39. The number of aromatic nitrogens is 2. The van der Waals surface area contributed by atoms with Crippen molar-refractivity contribution in [2.24, 2.45) is 0 Å². The second-order valence-corrected chi connectivity index (χ2v) is 5.20. The number of hydrogen-bond acceptors (Lipinski definition) is 3. The Kier molecular flexibility index (Phi) is 3.07. The van der Waals surface area contributed by atoms with E-state index in [1.807, 2.05) is 11.8 Å². The first-order valence-corrected chi connectivity index (χ1v) is 6.58. The summed E-state index contributed by atoms with van der Waals surface area (Å²) in [5, 5.41) is 0.497. The molecule has 0 fully saturated rings. The van der Waals surface area contributed by atoms with Gasteiger partial charge in [-0.15, -0.1) is 0 Å². The van der Waals surface area contributed by atoms with E-state index in [2.05, 4.69) is 9.97 Å². The molecule has 0 unspecified atom stereocenters. The van der Waals surface area contributed by atoms with Gasteiger partial charge in [-0.3, -0.25) is 0 Å². The minimum absolute atomic E-state index is 0.116. The van der Waals surface area contributed by atoms with E-state index in [0.717, 1.165) is 17.8 Å². The zero-order chi connectivity index (χ0) is 13.6. The monoisotopic (exact) mass is 297 g/mol. The Morgan fingerprint density at radius 3 is 2.58 bits per heavy atom. The van der Waals surface area contributed by atoms with Gasteiger partial charge in [0.05, 0.1) is 0 Å². The van der Waals surface area contributed by atoms with Crippen LogP contribution in [-0.4, -0.2) is 16.5 Å². The van der Waals surface area contributed by atoms with Gasteiger partial charge in [0.25, 0.3) is 0 Å². The fourth-order valence-corrected chi connectivity index (χ4v) is 2.89. The molecule has 0 saturated carbocycles. The summed E-state index contributed by atoms with van der Waals surface area (Å²) in [4.78, 5) is 10.2. The molecule has 1 atom stereocenters. The van der Waals surface area contributed by atoms with Crippen LogP contribution in [0.25, 0.3) is 0 Å². The third-order valence-electron chi connectivity index (χ3n) is 3.19. The second kappa shape index (κ2) is 4.62. The molecule has 1 aliphatic heterocycles. The average molecular weight is 298 g/mol. The van der Waals surface area contributed by atoms with Crippen molar-refractivity contribution in [2.45, 2.75) is 12.8 Å². The lowest BCUT2D eigenvalue weighted by atomic mass is 10.1. The summed E-state index contributed by atoms with van der Waals surface area (Å²) in [7, 11) is 0. The highest BCUT2D eigenvalue weighted by atomic mass is 35.5. The summed E-state index contributed by atoms with van der Waals surface area (Å²) in [5.41, 5.74) is 1.74. The molecule has 0 saturated heterocycles. The van der Waals surface area contributed by atoms with Gasteiger partial charge < -0.3 is 4.90 Å². The van der Waals surface area contributed by atoms with Crippen LogP contribution >= 0.6 is 23.2 Å². The Morgan fingerprint density at radius 1 is 1.21 bits per heavy atom. The topological polar surface area (TPSA) is 29.0 Å². The summed E-state index contributed by atoms with van der Waals surface area (Å²) in [6.45, 7) is 2.77. The smallest absolute Gasteiger partial charge is 0.225 e. The Bertz CT molecular complexity index is 631. The van der Waals surface area contributed by atoms with Crippen molar-refractivity contribution in [1.82, 2.24) is 9.97 Å². The van der Waals surface area contributed by atoms with E-state index >= 15 is 0 Å². The molecule has 98 valence electrons. The molecule has 19 heavy (non-hydrogen) atoms. The molecule has 1 aromatic carbocycles. The van der Waals surface area contributed by atoms with Crippen molar-refractivity contribution in [3.63, 3.8) is 0 Å². The molecule has 1 aliphatic rings. The van der Waals surface area contributed by atoms with Crippen molar-refractivity contribution in [3.8, 4) is 0 Å². The predicted octanol–water partition coefficient (Wildman–Crippen LogP) is 4.18. The lowest BCUT2D eigenvalue weighted by Crippen LogP contribution is -2.15. The summed E-state index contributed by atoms with van der Waals surface area (Å²) >= 11 is 12.0. The minimum atomic E-state index is -0.269. The van der Waals surface area contributed by atoms with Gasteiger partial charge in [-0.2, -0.15) is 4.98 Å². The normalized spacial score (nSPS) is 17.7. The van der Waals surface area contributed by atoms with Gasteiger partial charge >= 0.3 is 0 Å². The van der Waals surface area contributed by atoms with Gasteiger partial charge in [0.1, 0.15) is 16.8 Å². The quantitative estimate of drug-likeness (QED) is 0.584. The van der Waals surface area contributed by atoms with Crippen LogP contribution in [0.2, 0.25) is 10.4 Å². The summed E-state index contributed by atoms with van der Waals surface area (Å²) in [6, 6.07) is 6.26. The molecule has 0 spiro atoms. The van der Waals surface area contributed by atoms with Crippen LogP contribution in [0.4, 0.5) is 15.9 Å². The highest BCUT2D eigenvalue weighted by Crippen LogP contribution is 2.42. The van der Waals surface area contributed by atoms with Crippen molar-refractivity contribution in [2.75, 3.05) is 11.4 Å². The van der Waals surface area contributed by atoms with Crippen molar-refractivity contribution < 1.29 is 4.39 Å². The Labute approximate surface area is 120 Å². The lowest BCUT2D eigenvalue weighted by molar-refractivity contribution is 0.627. The van der Waals surface area contributed by atoms with E-state index < -0.39 is 0 Å². The Morgan fingerprint density at radius 2 is 1.89 bits per heavy atom. The van der Waals surface area contributed by atoms with Crippen LogP contribution in [0.1, 0.15) is 18.4 Å². The molecule has 0 aliphatic carbocycles. The zero-order valence-electron chi connectivity index (χ0n) is 10.1. The molecule has 6 heteroatoms. The number of anilines is 2. The first-order valence-electron chi connectivity index (χ1n) is 5.82. The van der Waals surface area contributed by atoms with E-state index in [1.54, 1.807) is 12.1 Å². The largest absolute Gasteiger partial charge is 0.325 e. The predicted molar refractivity (Wildman–Crippen MR) is 73.9 cm³/mol. The molecule has 3 rings (SSSR count). The minimum Gasteiger partial charge on any atom is -0.325 e. The van der Waals surface area contributed by atoms with Gasteiger partial charge in [-0.25, -0.2) is 9.37 Å². The maximum Gasteiger partial charge on any atom is 0.225 e. The van der Waals surface area contributed by atoms with Gasteiger partial charge in [-0.05, 0) is 35.9 Å². The highest BCUT2D eigenvalue weighted by molar-refractivity contribution is 6.32. The van der Waals surface area contributed by atoms with E-state index in [0.29, 0.717) is 11.0 Å². The standard InChI is InChI=1S/C13H10Cl2FN3/c1-7-6-19(9-4-2-8(16)3-5-9)12-10(7)11(14)17-13(15)18-12/h2-5,7H,6H2,1H3/t7-/m1/s1. The molecule has 2 heterocycles. The van der Waals surface area contributed by atoms with Crippen molar-refractivity contribution >= 4 is 34.7 Å². The summed E-state index contributed by atoms with van der Waals surface area (Å²) in [6.07, 6.45) is 0. The van der Waals surface area contributed by atoms with Crippen molar-refractivity contribution in [3.05, 3.63) is 46.1 Å². The first kappa shape index (κ1) is 12.6. The average Bonchev–Trinajstić information content (AvgIpc) is 2.67. The fraction of sp³-hybridized carbons (Fsp3) is 0.231. The maximum atomic E-state index is 13.0. The molecule has 0 N–H and O–H groups in total. The van der Waals surface area contributed by atoms with Gasteiger partial charge in [0, 0.05) is 23.7 Å². The molecule has 0 bridgehead atoms. The number of benzene rings is 1. The fourth-order valence-electron chi connectivity index (χ4n) is 2.34. The highest BCUT2D eigenvalue weighted by Gasteiger charge is 2.31. The molecule has 0 amide bonds. The van der Waals surface area contributed by atoms with Crippen LogP contribution in [0.3, 0.4) is 0 Å². The Balaban J connectivity index is 2.11. The molecular formula is C13H10Cl2FN3. The van der Waals surface area contributed by atoms with Crippen molar-refractivity contribution in [1.29, 1.82) is 0 Å². The number of hydrogen-bond donors (Lipinski definition) is 0. The summed E-state index contributed by atoms with van der Waals surface area (Å²) in [5.74, 6) is 0.629. The van der Waals surface area contributed by atoms with Crippen LogP contribution in [0, 0.1) is 5.82 Å². The van der Waals surface area contributed by atoms with Crippen LogP contribution in [0.15, 0.2) is 24.3 Å². The van der Waals surface area contributed by atoms with Crippen LogP contribution < -0.4 is 4.90 Å². The lowest BCUT2D eigenvalue weighted by Gasteiger charge is -2.18. The third-order valence-corrected chi connectivity index (χ3v) is 3.65. The van der Waals surface area contributed by atoms with E-state index in [9.17, 15) is 4.39 Å². The van der Waals surface area contributed by atoms with E-state index in [-0.39, 0.29) is 17.0 Å². The van der Waals surface area contributed by atoms with Gasteiger partial charge in [-0.1, -0.05) is 18.5 Å². The molecule has 3 nitrogen and oxygen atoms in total. The molecule has 2 aromatic rings. The molecule has 1 aromatic heterocycles. The van der Waals surface area contributed by atoms with E-state index in [1.165, 1.54) is 12.1 Å². The maximum absolute atomic E-state index is 13.0. The first-order chi connectivity index (χ1) is 9.06. The number of nitrogens with zero attached hydrogens (tertiary/aromatic N) is 3. The summed E-state index contributed by atoms with van der Waals surface area (Å²) < 4.78 is 13.0.